The van der Waals surface area contributed by atoms with Gasteiger partial charge >= 0.3 is 0 Å². The molecule has 0 bridgehead atoms. The predicted octanol–water partition coefficient (Wildman–Crippen LogP) is 2.81. The largest absolute Gasteiger partial charge is 0.347 e. The zero-order chi connectivity index (χ0) is 9.86. The van der Waals surface area contributed by atoms with Crippen molar-refractivity contribution in [1.29, 1.82) is 0 Å². The Labute approximate surface area is 85.6 Å². The molecule has 1 fully saturated rings. The first-order chi connectivity index (χ1) is 6.85. The van der Waals surface area contributed by atoms with Gasteiger partial charge in [-0.2, -0.15) is 0 Å². The summed E-state index contributed by atoms with van der Waals surface area (Å²) < 4.78 is 11.3. The molecule has 0 atom stereocenters. The maximum absolute atomic E-state index is 5.65. The minimum absolute atomic E-state index is 0.252. The van der Waals surface area contributed by atoms with E-state index in [1.807, 2.05) is 6.08 Å². The first-order valence-corrected chi connectivity index (χ1v) is 5.41. The molecule has 14 heavy (non-hydrogen) atoms. The highest BCUT2D eigenvalue weighted by Crippen LogP contribution is 2.35. The number of ether oxygens (including phenoxy) is 2. The van der Waals surface area contributed by atoms with Gasteiger partial charge in [0.25, 0.3) is 0 Å². The molecule has 78 valence electrons. The van der Waals surface area contributed by atoms with E-state index in [-0.39, 0.29) is 5.79 Å². The van der Waals surface area contributed by atoms with Crippen molar-refractivity contribution in [2.45, 2.75) is 37.9 Å². The second kappa shape index (κ2) is 4.28. The normalized spacial score (nSPS) is 25.0. The molecule has 0 saturated carbocycles. The number of hydrogen-bond acceptors (Lipinski definition) is 2. The van der Waals surface area contributed by atoms with E-state index in [0.717, 1.165) is 45.3 Å². The van der Waals surface area contributed by atoms with Crippen molar-refractivity contribution in [2.75, 3.05) is 13.2 Å². The van der Waals surface area contributed by atoms with Crippen molar-refractivity contribution < 1.29 is 9.47 Å². The third-order valence-corrected chi connectivity index (χ3v) is 3.01. The highest BCUT2D eigenvalue weighted by molar-refractivity contribution is 5.10. The van der Waals surface area contributed by atoms with E-state index in [9.17, 15) is 0 Å². The van der Waals surface area contributed by atoms with E-state index in [2.05, 4.69) is 12.7 Å². The predicted molar refractivity (Wildman–Crippen MR) is 56.0 cm³/mol. The summed E-state index contributed by atoms with van der Waals surface area (Å²) in [4.78, 5) is 0. The Hall–Kier alpha value is -0.600. The average Bonchev–Trinajstić information content (AvgIpc) is 2.66. The fourth-order valence-corrected chi connectivity index (χ4v) is 2.13. The smallest absolute Gasteiger partial charge is 0.172 e. The second-order valence-corrected chi connectivity index (χ2v) is 4.00. The first kappa shape index (κ1) is 9.94. The molecule has 0 N–H and O–H groups in total. The summed E-state index contributed by atoms with van der Waals surface area (Å²) in [7, 11) is 0. The summed E-state index contributed by atoms with van der Waals surface area (Å²) in [6, 6.07) is 0. The van der Waals surface area contributed by atoms with Crippen LogP contribution in [-0.2, 0) is 9.47 Å². The van der Waals surface area contributed by atoms with Crippen LogP contribution in [0.25, 0.3) is 0 Å². The molecule has 0 amide bonds. The van der Waals surface area contributed by atoms with E-state index in [1.54, 1.807) is 0 Å². The minimum Gasteiger partial charge on any atom is -0.347 e. The van der Waals surface area contributed by atoms with Crippen molar-refractivity contribution in [3.63, 3.8) is 0 Å². The summed E-state index contributed by atoms with van der Waals surface area (Å²) in [5, 5.41) is 0. The van der Waals surface area contributed by atoms with Crippen LogP contribution in [0.4, 0.5) is 0 Å². The van der Waals surface area contributed by atoms with Gasteiger partial charge in [0.05, 0.1) is 13.2 Å². The molecule has 0 aromatic rings. The zero-order valence-electron chi connectivity index (χ0n) is 8.63. The van der Waals surface area contributed by atoms with E-state index < -0.39 is 0 Å². The zero-order valence-corrected chi connectivity index (χ0v) is 8.63. The maximum atomic E-state index is 5.65. The standard InChI is InChI=1S/C12H18O2/c1-2-3-4-11-5-7-12(8-6-11)13-9-10-14-12/h2,5H,1,3-4,6-10H2. The van der Waals surface area contributed by atoms with Crippen molar-refractivity contribution >= 4 is 0 Å². The summed E-state index contributed by atoms with van der Waals surface area (Å²) >= 11 is 0. The molecule has 1 aliphatic carbocycles. The van der Waals surface area contributed by atoms with Gasteiger partial charge in [-0.15, -0.1) is 6.58 Å². The monoisotopic (exact) mass is 194 g/mol. The van der Waals surface area contributed by atoms with Crippen LogP contribution in [0.2, 0.25) is 0 Å². The van der Waals surface area contributed by atoms with Crippen LogP contribution in [0, 0.1) is 0 Å². The van der Waals surface area contributed by atoms with E-state index >= 15 is 0 Å². The lowest BCUT2D eigenvalue weighted by Gasteiger charge is -2.30. The molecule has 1 spiro atoms. The van der Waals surface area contributed by atoms with Crippen molar-refractivity contribution in [2.24, 2.45) is 0 Å². The molecule has 2 heteroatoms. The van der Waals surface area contributed by atoms with Crippen LogP contribution in [-0.4, -0.2) is 19.0 Å². The summed E-state index contributed by atoms with van der Waals surface area (Å²) in [6.07, 6.45) is 9.58. The number of hydrogen-bond donors (Lipinski definition) is 0. The molecule has 1 aliphatic heterocycles. The lowest BCUT2D eigenvalue weighted by atomic mass is 9.91. The third kappa shape index (κ3) is 2.07. The minimum atomic E-state index is -0.252. The van der Waals surface area contributed by atoms with Crippen molar-refractivity contribution in [1.82, 2.24) is 0 Å². The quantitative estimate of drug-likeness (QED) is 0.643. The molecule has 0 radical (unpaired) electrons. The Morgan fingerprint density at radius 1 is 1.43 bits per heavy atom. The van der Waals surface area contributed by atoms with Gasteiger partial charge in [-0.3, -0.25) is 0 Å². The Morgan fingerprint density at radius 3 is 2.79 bits per heavy atom. The molecule has 0 aromatic carbocycles. The molecular weight excluding hydrogens is 176 g/mol. The first-order valence-electron chi connectivity index (χ1n) is 5.41. The highest BCUT2D eigenvalue weighted by Gasteiger charge is 2.37. The van der Waals surface area contributed by atoms with Gasteiger partial charge < -0.3 is 9.47 Å². The third-order valence-electron chi connectivity index (χ3n) is 3.01. The fraction of sp³-hybridized carbons (Fsp3) is 0.667. The molecule has 1 heterocycles. The van der Waals surface area contributed by atoms with Gasteiger partial charge in [0.1, 0.15) is 0 Å². The lowest BCUT2D eigenvalue weighted by Crippen LogP contribution is -2.31. The van der Waals surface area contributed by atoms with Gasteiger partial charge in [0.15, 0.2) is 5.79 Å². The summed E-state index contributed by atoms with van der Waals surface area (Å²) in [6.45, 7) is 5.26. The molecular formula is C12H18O2. The fourth-order valence-electron chi connectivity index (χ4n) is 2.13. The second-order valence-electron chi connectivity index (χ2n) is 4.00. The summed E-state index contributed by atoms with van der Waals surface area (Å²) in [5.41, 5.74) is 1.54. The van der Waals surface area contributed by atoms with Gasteiger partial charge in [-0.05, 0) is 19.3 Å². The molecule has 2 nitrogen and oxygen atoms in total. The van der Waals surface area contributed by atoms with Crippen LogP contribution >= 0.6 is 0 Å². The van der Waals surface area contributed by atoms with Crippen molar-refractivity contribution in [3.05, 3.63) is 24.3 Å². The van der Waals surface area contributed by atoms with Gasteiger partial charge in [0.2, 0.25) is 0 Å². The van der Waals surface area contributed by atoms with Crippen LogP contribution in [0.5, 0.6) is 0 Å². The van der Waals surface area contributed by atoms with Crippen LogP contribution < -0.4 is 0 Å². The van der Waals surface area contributed by atoms with Crippen LogP contribution in [0.1, 0.15) is 32.1 Å². The summed E-state index contributed by atoms with van der Waals surface area (Å²) in [5.74, 6) is -0.252. The number of rotatable bonds is 3. The average molecular weight is 194 g/mol. The van der Waals surface area contributed by atoms with Crippen LogP contribution in [0.3, 0.4) is 0 Å². The Balaban J connectivity index is 1.88. The number of allylic oxidation sites excluding steroid dienone is 2. The van der Waals surface area contributed by atoms with E-state index in [0.29, 0.717) is 0 Å². The van der Waals surface area contributed by atoms with Crippen LogP contribution in [0.15, 0.2) is 24.3 Å². The molecule has 2 rings (SSSR count). The Morgan fingerprint density at radius 2 is 2.21 bits per heavy atom. The molecule has 2 aliphatic rings. The maximum Gasteiger partial charge on any atom is 0.172 e. The van der Waals surface area contributed by atoms with E-state index in [1.165, 1.54) is 5.57 Å². The molecule has 1 saturated heterocycles. The van der Waals surface area contributed by atoms with Gasteiger partial charge in [0, 0.05) is 12.8 Å². The Bertz CT molecular complexity index is 237. The van der Waals surface area contributed by atoms with Crippen molar-refractivity contribution in [3.8, 4) is 0 Å². The molecule has 0 unspecified atom stereocenters. The highest BCUT2D eigenvalue weighted by atomic mass is 16.7. The van der Waals surface area contributed by atoms with E-state index in [4.69, 9.17) is 9.47 Å². The van der Waals surface area contributed by atoms with Gasteiger partial charge in [-0.25, -0.2) is 0 Å². The van der Waals surface area contributed by atoms with Gasteiger partial charge in [-0.1, -0.05) is 17.7 Å². The molecule has 0 aromatic heterocycles. The SMILES string of the molecule is C=CCCC1=CCC2(CC1)OCCO2. The lowest BCUT2D eigenvalue weighted by molar-refractivity contribution is -0.161. The topological polar surface area (TPSA) is 18.5 Å². The Kier molecular flexibility index (Phi) is 3.04.